The largest absolute Gasteiger partial charge is 0.454 e. The van der Waals surface area contributed by atoms with E-state index in [0.29, 0.717) is 34.3 Å². The highest BCUT2D eigenvalue weighted by molar-refractivity contribution is 7.18. The van der Waals surface area contributed by atoms with Crippen molar-refractivity contribution in [2.24, 2.45) is 17.3 Å². The standard InChI is InChI=1S/C21H25ClN2O3S/c1-10-12(3)28-18-15(10)17(25)23-16(24-18)11(2)27-19(26)20-5-13-4-14(6-20)8-21(22,7-13)9-20/h11,13-14H,4-9H2,1-3H3,(H,23,24,25)/t11-,13-,14+,20?,21?/m0/s1. The summed E-state index contributed by atoms with van der Waals surface area (Å²) in [5.41, 5.74) is 0.339. The van der Waals surface area contributed by atoms with Gasteiger partial charge in [-0.2, -0.15) is 0 Å². The number of aryl methyl sites for hydroxylation is 2. The van der Waals surface area contributed by atoms with E-state index in [1.807, 2.05) is 13.8 Å². The number of H-pyrrole nitrogens is 1. The highest BCUT2D eigenvalue weighted by Crippen LogP contribution is 2.64. The molecule has 150 valence electrons. The number of hydrogen-bond donors (Lipinski definition) is 1. The van der Waals surface area contributed by atoms with Gasteiger partial charge in [-0.05, 0) is 76.7 Å². The van der Waals surface area contributed by atoms with Crippen LogP contribution in [0.15, 0.2) is 4.79 Å². The first-order chi connectivity index (χ1) is 13.2. The molecule has 5 nitrogen and oxygen atoms in total. The van der Waals surface area contributed by atoms with Gasteiger partial charge in [0.15, 0.2) is 11.9 Å². The molecule has 1 N–H and O–H groups in total. The molecule has 4 bridgehead atoms. The van der Waals surface area contributed by atoms with Crippen LogP contribution in [0.3, 0.4) is 0 Å². The first kappa shape index (κ1) is 18.6. The molecule has 0 spiro atoms. The minimum atomic E-state index is -0.591. The van der Waals surface area contributed by atoms with Gasteiger partial charge in [-0.1, -0.05) is 0 Å². The van der Waals surface area contributed by atoms with Crippen molar-refractivity contribution >= 4 is 39.1 Å². The quantitative estimate of drug-likeness (QED) is 0.572. The molecule has 0 aliphatic heterocycles. The average molecular weight is 421 g/mol. The van der Waals surface area contributed by atoms with Gasteiger partial charge in [-0.25, -0.2) is 4.98 Å². The van der Waals surface area contributed by atoms with Crippen LogP contribution < -0.4 is 5.56 Å². The topological polar surface area (TPSA) is 72.0 Å². The number of fused-ring (bicyclic) bond motifs is 1. The molecule has 4 aliphatic rings. The molecule has 2 heterocycles. The molecular formula is C21H25ClN2O3S. The minimum absolute atomic E-state index is 0.166. The third kappa shape index (κ3) is 2.75. The third-order valence-corrected chi connectivity index (χ3v) is 8.69. The van der Waals surface area contributed by atoms with Crippen molar-refractivity contribution in [3.05, 3.63) is 26.6 Å². The van der Waals surface area contributed by atoms with Crippen LogP contribution in [0.5, 0.6) is 0 Å². The highest BCUT2D eigenvalue weighted by Gasteiger charge is 2.61. The number of hydrogen-bond acceptors (Lipinski definition) is 5. The summed E-state index contributed by atoms with van der Waals surface area (Å²) in [4.78, 5) is 34.7. The van der Waals surface area contributed by atoms with Gasteiger partial charge in [0.2, 0.25) is 0 Å². The minimum Gasteiger partial charge on any atom is -0.454 e. The Morgan fingerprint density at radius 1 is 1.29 bits per heavy atom. The number of esters is 1. The van der Waals surface area contributed by atoms with E-state index >= 15 is 0 Å². The van der Waals surface area contributed by atoms with Crippen molar-refractivity contribution in [3.8, 4) is 0 Å². The van der Waals surface area contributed by atoms with E-state index in [9.17, 15) is 9.59 Å². The van der Waals surface area contributed by atoms with Crippen LogP contribution in [0.1, 0.15) is 67.8 Å². The summed E-state index contributed by atoms with van der Waals surface area (Å²) in [6.07, 6.45) is 5.14. The monoisotopic (exact) mass is 420 g/mol. The smallest absolute Gasteiger partial charge is 0.312 e. The summed E-state index contributed by atoms with van der Waals surface area (Å²) in [6.45, 7) is 5.70. The van der Waals surface area contributed by atoms with E-state index in [2.05, 4.69) is 9.97 Å². The van der Waals surface area contributed by atoms with Crippen molar-refractivity contribution < 1.29 is 9.53 Å². The number of aromatic nitrogens is 2. The maximum Gasteiger partial charge on any atom is 0.312 e. The molecule has 4 aliphatic carbocycles. The zero-order valence-corrected chi connectivity index (χ0v) is 18.0. The van der Waals surface area contributed by atoms with Gasteiger partial charge < -0.3 is 9.72 Å². The predicted octanol–water partition coefficient (Wildman–Crippen LogP) is 4.78. The van der Waals surface area contributed by atoms with E-state index in [1.54, 1.807) is 6.92 Å². The Morgan fingerprint density at radius 3 is 2.61 bits per heavy atom. The Labute approximate surface area is 172 Å². The van der Waals surface area contributed by atoms with Crippen molar-refractivity contribution in [1.82, 2.24) is 9.97 Å². The number of carbonyl (C=O) groups is 1. The van der Waals surface area contributed by atoms with Crippen molar-refractivity contribution in [3.63, 3.8) is 0 Å². The second-order valence-electron chi connectivity index (χ2n) is 9.35. The van der Waals surface area contributed by atoms with E-state index in [-0.39, 0.29) is 16.4 Å². The summed E-state index contributed by atoms with van der Waals surface area (Å²) < 4.78 is 5.88. The van der Waals surface area contributed by atoms with E-state index in [0.717, 1.165) is 36.1 Å². The highest BCUT2D eigenvalue weighted by atomic mass is 35.5. The number of nitrogens with zero attached hydrogens (tertiary/aromatic N) is 1. The Bertz CT molecular complexity index is 1030. The number of alkyl halides is 1. The number of halogens is 1. The van der Waals surface area contributed by atoms with E-state index < -0.39 is 11.5 Å². The van der Waals surface area contributed by atoms with Crippen LogP contribution in [-0.4, -0.2) is 20.8 Å². The Hall–Kier alpha value is -1.40. The summed E-state index contributed by atoms with van der Waals surface area (Å²) in [5, 5.41) is 0.634. The summed E-state index contributed by atoms with van der Waals surface area (Å²) in [7, 11) is 0. The number of rotatable bonds is 3. The molecule has 2 unspecified atom stereocenters. The SMILES string of the molecule is Cc1sc2nc([C@H](C)OC(=O)C34C[C@@H]5C[C@@H](CC(Cl)(C5)C3)C4)[nH]c(=O)c2c1C. The summed E-state index contributed by atoms with van der Waals surface area (Å²) in [5.74, 6) is 1.32. The number of nitrogens with one attached hydrogen (secondary N) is 1. The van der Waals surface area contributed by atoms with Gasteiger partial charge in [0.25, 0.3) is 5.56 Å². The Morgan fingerprint density at radius 2 is 1.96 bits per heavy atom. The van der Waals surface area contributed by atoms with E-state index in [4.69, 9.17) is 16.3 Å². The van der Waals surface area contributed by atoms with Crippen LogP contribution in [0, 0.1) is 31.1 Å². The van der Waals surface area contributed by atoms with Crippen molar-refractivity contribution in [2.45, 2.75) is 70.3 Å². The fourth-order valence-electron chi connectivity index (χ4n) is 6.19. The molecule has 7 heteroatoms. The molecule has 2 aromatic heterocycles. The molecule has 28 heavy (non-hydrogen) atoms. The predicted molar refractivity (Wildman–Crippen MR) is 110 cm³/mol. The number of aromatic amines is 1. The third-order valence-electron chi connectivity index (χ3n) is 7.15. The van der Waals surface area contributed by atoms with Gasteiger partial charge in [-0.3, -0.25) is 9.59 Å². The number of thiophene rings is 1. The zero-order valence-electron chi connectivity index (χ0n) is 16.4. The van der Waals surface area contributed by atoms with Crippen molar-refractivity contribution in [2.75, 3.05) is 0 Å². The van der Waals surface area contributed by atoms with Gasteiger partial charge in [0.05, 0.1) is 10.8 Å². The van der Waals surface area contributed by atoms with Crippen LogP contribution in [-0.2, 0) is 9.53 Å². The van der Waals surface area contributed by atoms with Gasteiger partial charge >= 0.3 is 5.97 Å². The average Bonchev–Trinajstić information content (AvgIpc) is 2.87. The molecule has 5 atom stereocenters. The summed E-state index contributed by atoms with van der Waals surface area (Å²) >= 11 is 8.36. The van der Waals surface area contributed by atoms with Crippen LogP contribution >= 0.6 is 22.9 Å². The second kappa shape index (κ2) is 6.05. The lowest BCUT2D eigenvalue weighted by molar-refractivity contribution is -0.175. The normalized spacial score (nSPS) is 34.7. The molecule has 0 aromatic carbocycles. The lowest BCUT2D eigenvalue weighted by Gasteiger charge is -2.58. The lowest BCUT2D eigenvalue weighted by Crippen LogP contribution is -2.56. The molecular weight excluding hydrogens is 396 g/mol. The first-order valence-electron chi connectivity index (χ1n) is 10.1. The fourth-order valence-corrected chi connectivity index (χ4v) is 7.92. The first-order valence-corrected chi connectivity index (χ1v) is 11.3. The zero-order chi connectivity index (χ0) is 19.8. The maximum absolute atomic E-state index is 13.2. The Kier molecular flexibility index (Phi) is 4.02. The lowest BCUT2D eigenvalue weighted by atomic mass is 9.49. The van der Waals surface area contributed by atoms with Gasteiger partial charge in [0.1, 0.15) is 4.83 Å². The number of carbonyl (C=O) groups excluding carboxylic acids is 1. The summed E-state index contributed by atoms with van der Waals surface area (Å²) in [6, 6.07) is 0. The van der Waals surface area contributed by atoms with Crippen molar-refractivity contribution in [1.29, 1.82) is 0 Å². The van der Waals surface area contributed by atoms with E-state index in [1.165, 1.54) is 17.8 Å². The molecule has 0 amide bonds. The molecule has 2 aromatic rings. The van der Waals surface area contributed by atoms with Crippen LogP contribution in [0.25, 0.3) is 10.2 Å². The fraction of sp³-hybridized carbons (Fsp3) is 0.667. The molecule has 4 saturated carbocycles. The van der Waals surface area contributed by atoms with Gasteiger partial charge in [-0.15, -0.1) is 22.9 Å². The second-order valence-corrected chi connectivity index (χ2v) is 11.4. The molecule has 6 rings (SSSR count). The van der Waals surface area contributed by atoms with Crippen LogP contribution in [0.2, 0.25) is 0 Å². The molecule has 0 radical (unpaired) electrons. The van der Waals surface area contributed by atoms with Gasteiger partial charge in [0, 0.05) is 9.75 Å². The number of ether oxygens (including phenoxy) is 1. The maximum atomic E-state index is 13.2. The Balaban J connectivity index is 1.41. The molecule has 4 fully saturated rings. The van der Waals surface area contributed by atoms with Crippen LogP contribution in [0.4, 0.5) is 0 Å². The molecule has 0 saturated heterocycles.